The van der Waals surface area contributed by atoms with Crippen LogP contribution < -0.4 is 25.4 Å². The maximum absolute atomic E-state index is 14.0. The van der Waals surface area contributed by atoms with Crippen molar-refractivity contribution in [2.24, 2.45) is 0 Å². The highest BCUT2D eigenvalue weighted by Crippen LogP contribution is 2.36. The number of carbonyl (C=O) groups excluding carboxylic acids is 5. The predicted molar refractivity (Wildman–Crippen MR) is 290 cm³/mol. The molecule has 376 valence electrons. The second-order valence-corrected chi connectivity index (χ2v) is 18.8. The van der Waals surface area contributed by atoms with Gasteiger partial charge in [-0.3, -0.25) is 29.1 Å². The van der Waals surface area contributed by atoms with Gasteiger partial charge in [-0.1, -0.05) is 82.0 Å². The van der Waals surface area contributed by atoms with E-state index in [4.69, 9.17) is 9.47 Å². The average molecular weight is 997 g/mol. The van der Waals surface area contributed by atoms with E-state index in [1.54, 1.807) is 55.5 Å². The Bertz CT molecular complexity index is 3410. The van der Waals surface area contributed by atoms with Crippen LogP contribution in [-0.2, 0) is 5.41 Å². The van der Waals surface area contributed by atoms with Crippen molar-refractivity contribution in [3.8, 4) is 34.8 Å². The van der Waals surface area contributed by atoms with Gasteiger partial charge in [0.05, 0.1) is 17.2 Å². The van der Waals surface area contributed by atoms with Crippen molar-refractivity contribution in [3.05, 3.63) is 226 Å². The van der Waals surface area contributed by atoms with E-state index in [1.807, 2.05) is 91.0 Å². The zero-order chi connectivity index (χ0) is 53.1. The number of hydrogen-bond donors (Lipinski definition) is 4. The van der Waals surface area contributed by atoms with Crippen LogP contribution in [0.5, 0.6) is 23.0 Å². The lowest BCUT2D eigenvalue weighted by molar-refractivity contribution is 0.0932. The van der Waals surface area contributed by atoms with Crippen LogP contribution in [0.4, 0.5) is 11.4 Å². The Hall–Kier alpha value is -9.41. The van der Waals surface area contributed by atoms with E-state index in [-0.39, 0.29) is 33.6 Å². The van der Waals surface area contributed by atoms with Crippen LogP contribution in [0, 0.1) is 11.8 Å². The minimum Gasteiger partial charge on any atom is -0.457 e. The Kier molecular flexibility index (Phi) is 15.9. The molecule has 1 heterocycles. The number of aldehydes is 2. The average Bonchev–Trinajstić information content (AvgIpc) is 3.99. The first-order valence-electron chi connectivity index (χ1n) is 24.6. The van der Waals surface area contributed by atoms with E-state index in [1.165, 1.54) is 24.5 Å². The zero-order valence-electron chi connectivity index (χ0n) is 42.5. The lowest BCUT2D eigenvalue weighted by atomic mass is 9.78. The van der Waals surface area contributed by atoms with Gasteiger partial charge in [0.15, 0.2) is 24.2 Å². The van der Waals surface area contributed by atoms with Gasteiger partial charge in [0.25, 0.3) is 11.8 Å². The molecule has 1 unspecified atom stereocenters. The molecule has 0 saturated heterocycles. The highest BCUT2D eigenvalue weighted by molar-refractivity contribution is 6.12. The molecule has 0 aliphatic heterocycles. The number of benzene rings is 7. The fourth-order valence-electron chi connectivity index (χ4n) is 8.31. The molecule has 7 aromatic carbocycles. The van der Waals surface area contributed by atoms with E-state index in [2.05, 4.69) is 77.6 Å². The molecule has 1 atom stereocenters. The van der Waals surface area contributed by atoms with Crippen molar-refractivity contribution >= 4 is 41.5 Å². The summed E-state index contributed by atoms with van der Waals surface area (Å²) in [4.78, 5) is 69.5. The van der Waals surface area contributed by atoms with Gasteiger partial charge >= 0.3 is 0 Å². The second kappa shape index (κ2) is 23.0. The molecule has 75 heavy (non-hydrogen) atoms. The summed E-state index contributed by atoms with van der Waals surface area (Å²) < 4.78 is 12.3. The van der Waals surface area contributed by atoms with Gasteiger partial charge in [0, 0.05) is 55.7 Å². The number of hydrogen-bond acceptors (Lipinski definition) is 10. The monoisotopic (exact) mass is 996 g/mol. The molecule has 8 aromatic rings. The summed E-state index contributed by atoms with van der Waals surface area (Å²) in [7, 11) is 0. The smallest absolute Gasteiger partial charge is 0.256 e. The lowest BCUT2D eigenvalue weighted by Crippen LogP contribution is -2.33. The van der Waals surface area contributed by atoms with Gasteiger partial charge in [-0.15, -0.1) is 0 Å². The highest BCUT2D eigenvalue weighted by Gasteiger charge is 2.25. The van der Waals surface area contributed by atoms with Gasteiger partial charge in [0.1, 0.15) is 29.3 Å². The minimum atomic E-state index is -0.530. The number of nitrogens with zero attached hydrogens (tertiary/aromatic N) is 2. The molecule has 0 radical (unpaired) electrons. The Morgan fingerprint density at radius 1 is 0.613 bits per heavy atom. The molecule has 0 spiro atoms. The van der Waals surface area contributed by atoms with E-state index >= 15 is 0 Å². The molecule has 13 heteroatoms. The third kappa shape index (κ3) is 12.6. The van der Waals surface area contributed by atoms with Crippen LogP contribution >= 0.6 is 0 Å². The standard InChI is InChI=1S/C62H56N6O7/c1-7-62(6,8-2)67-50-33-45(57(71)43-18-16-42(17-19-43)15-14-41-12-10-9-11-13-41)32-49(35-50)66-59(72)55-31-30-53(34-46(55)38-70)74-51-26-21-47(22-27-51)61(4,5)48-23-28-52(29-24-48)75-54-25-20-44(37-69)56(36-54)60(73)65-40(3)58-63-39-64-68-58/h9-13,16-40,67H,7-8H2,1-6H3,(H,65,73)(H,66,72)(H,63,64,68). The molecule has 0 aliphatic carbocycles. The van der Waals surface area contributed by atoms with Crippen molar-refractivity contribution in [1.82, 2.24) is 20.5 Å². The Morgan fingerprint density at radius 3 is 1.77 bits per heavy atom. The van der Waals surface area contributed by atoms with Crippen molar-refractivity contribution in [2.75, 3.05) is 10.6 Å². The van der Waals surface area contributed by atoms with Gasteiger partial charge < -0.3 is 25.4 Å². The number of amides is 2. The van der Waals surface area contributed by atoms with Crippen LogP contribution in [0.3, 0.4) is 0 Å². The van der Waals surface area contributed by atoms with Gasteiger partial charge in [0.2, 0.25) is 0 Å². The number of aromatic nitrogens is 3. The molecule has 4 N–H and O–H groups in total. The molecule has 2 amide bonds. The van der Waals surface area contributed by atoms with Crippen molar-refractivity contribution in [2.45, 2.75) is 71.4 Å². The third-order valence-electron chi connectivity index (χ3n) is 13.3. The number of carbonyl (C=O) groups is 5. The topological polar surface area (TPSA) is 181 Å². The van der Waals surface area contributed by atoms with E-state index in [9.17, 15) is 24.0 Å². The van der Waals surface area contributed by atoms with Crippen molar-refractivity contribution in [3.63, 3.8) is 0 Å². The number of nitrogens with one attached hydrogen (secondary N) is 4. The molecule has 13 nitrogen and oxygen atoms in total. The predicted octanol–water partition coefficient (Wildman–Crippen LogP) is 12.7. The number of ketones is 1. The fourth-order valence-corrected chi connectivity index (χ4v) is 8.31. The number of aromatic amines is 1. The summed E-state index contributed by atoms with van der Waals surface area (Å²) in [5.41, 5.74) is 5.49. The molecule has 1 aromatic heterocycles. The van der Waals surface area contributed by atoms with Gasteiger partial charge in [-0.25, -0.2) is 4.98 Å². The molecular weight excluding hydrogens is 941 g/mol. The van der Waals surface area contributed by atoms with Crippen molar-refractivity contribution in [1.29, 1.82) is 0 Å². The molecule has 8 rings (SSSR count). The SMILES string of the molecule is CCC(C)(CC)Nc1cc(NC(=O)c2ccc(Oc3ccc(C(C)(C)c4ccc(Oc5ccc(C=O)c(C(=O)NC(C)c6nc[nH]n6)c5)cc4)cc3)cc2C=O)cc(C(=O)c2ccc(C#Cc3ccccc3)cc2)c1. The van der Waals surface area contributed by atoms with Crippen molar-refractivity contribution < 1.29 is 33.4 Å². The maximum Gasteiger partial charge on any atom is 0.256 e. The van der Waals surface area contributed by atoms with Crippen LogP contribution in [-0.4, -0.2) is 50.9 Å². The summed E-state index contributed by atoms with van der Waals surface area (Å²) >= 11 is 0. The normalized spacial score (nSPS) is 11.5. The fraction of sp³-hybridized carbons (Fsp3) is 0.177. The molecular formula is C62H56N6O7. The third-order valence-corrected chi connectivity index (χ3v) is 13.3. The van der Waals surface area contributed by atoms with Crippen LogP contribution in [0.2, 0.25) is 0 Å². The molecule has 0 fully saturated rings. The van der Waals surface area contributed by atoms with E-state index in [0.29, 0.717) is 63.9 Å². The zero-order valence-corrected chi connectivity index (χ0v) is 42.5. The van der Waals surface area contributed by atoms with Crippen LogP contribution in [0.1, 0.15) is 146 Å². The number of H-pyrrole nitrogens is 1. The summed E-state index contributed by atoms with van der Waals surface area (Å²) in [5.74, 6) is 7.27. The van der Waals surface area contributed by atoms with Gasteiger partial charge in [-0.2, -0.15) is 5.10 Å². The van der Waals surface area contributed by atoms with Crippen LogP contribution in [0.15, 0.2) is 164 Å². The van der Waals surface area contributed by atoms with Gasteiger partial charge in [-0.05, 0) is 153 Å². The second-order valence-electron chi connectivity index (χ2n) is 18.8. The first-order chi connectivity index (χ1) is 36.2. The largest absolute Gasteiger partial charge is 0.457 e. The summed E-state index contributed by atoms with van der Waals surface area (Å²) in [5, 5.41) is 16.0. The maximum atomic E-state index is 14.0. The first kappa shape index (κ1) is 51.9. The Morgan fingerprint density at radius 2 is 1.19 bits per heavy atom. The summed E-state index contributed by atoms with van der Waals surface area (Å²) in [6.07, 6.45) is 4.30. The van der Waals surface area contributed by atoms with Crippen LogP contribution in [0.25, 0.3) is 0 Å². The molecule has 0 bridgehead atoms. The minimum absolute atomic E-state index is 0.123. The number of rotatable bonds is 19. The Labute approximate surface area is 436 Å². The first-order valence-corrected chi connectivity index (χ1v) is 24.6. The summed E-state index contributed by atoms with van der Waals surface area (Å²) in [6.45, 7) is 12.2. The van der Waals surface area contributed by atoms with E-state index in [0.717, 1.165) is 35.1 Å². The molecule has 0 saturated carbocycles. The molecule has 0 aliphatic rings. The Balaban J connectivity index is 0.927. The van der Waals surface area contributed by atoms with E-state index < -0.39 is 23.3 Å². The summed E-state index contributed by atoms with van der Waals surface area (Å²) in [6, 6.07) is 46.1. The number of ether oxygens (including phenoxy) is 2. The lowest BCUT2D eigenvalue weighted by Gasteiger charge is -2.30. The quantitative estimate of drug-likeness (QED) is 0.0346. The highest BCUT2D eigenvalue weighted by atomic mass is 16.5. The number of anilines is 2.